The lowest BCUT2D eigenvalue weighted by atomic mass is 10.1. The fraction of sp³-hybridized carbons (Fsp3) is 0.308. The summed E-state index contributed by atoms with van der Waals surface area (Å²) in [6.07, 6.45) is 5.45. The van der Waals surface area contributed by atoms with Crippen LogP contribution in [-0.2, 0) is 35.3 Å². The number of imidazole rings is 1. The first kappa shape index (κ1) is 21.8. The van der Waals surface area contributed by atoms with Crippen LogP contribution in [0.1, 0.15) is 41.3 Å². The van der Waals surface area contributed by atoms with Gasteiger partial charge < -0.3 is 9.47 Å². The molecule has 0 aliphatic heterocycles. The van der Waals surface area contributed by atoms with Gasteiger partial charge in [0, 0.05) is 11.8 Å². The van der Waals surface area contributed by atoms with E-state index in [1.54, 1.807) is 13.3 Å². The second kappa shape index (κ2) is 9.85. The molecule has 33 heavy (non-hydrogen) atoms. The second-order valence-electron chi connectivity index (χ2n) is 8.18. The van der Waals surface area contributed by atoms with Crippen molar-refractivity contribution in [2.24, 2.45) is 0 Å². The highest BCUT2D eigenvalue weighted by molar-refractivity contribution is 7.85. The Morgan fingerprint density at radius 2 is 1.88 bits per heavy atom. The van der Waals surface area contributed by atoms with Gasteiger partial charge in [0.05, 0.1) is 46.5 Å². The first-order valence-corrected chi connectivity index (χ1v) is 12.5. The molecule has 2 aromatic carbocycles. The zero-order valence-electron chi connectivity index (χ0n) is 18.6. The summed E-state index contributed by atoms with van der Waals surface area (Å²) in [6, 6.07) is 19.8. The maximum Gasteiger partial charge on any atom is 0.202 e. The van der Waals surface area contributed by atoms with Gasteiger partial charge in [-0.1, -0.05) is 48.9 Å². The van der Waals surface area contributed by atoms with E-state index >= 15 is 0 Å². The first-order valence-electron chi connectivity index (χ1n) is 11.3. The lowest BCUT2D eigenvalue weighted by Gasteiger charge is -2.18. The zero-order valence-corrected chi connectivity index (χ0v) is 19.5. The Bertz CT molecular complexity index is 1270. The van der Waals surface area contributed by atoms with Crippen LogP contribution in [0.3, 0.4) is 0 Å². The molecule has 2 unspecified atom stereocenters. The van der Waals surface area contributed by atoms with E-state index in [4.69, 9.17) is 14.5 Å². The summed E-state index contributed by atoms with van der Waals surface area (Å²) in [4.78, 5) is 9.44. The van der Waals surface area contributed by atoms with E-state index in [1.165, 1.54) is 0 Å². The van der Waals surface area contributed by atoms with Gasteiger partial charge in [-0.2, -0.15) is 0 Å². The Morgan fingerprint density at radius 1 is 1.06 bits per heavy atom. The number of aromatic nitrogens is 3. The summed E-state index contributed by atoms with van der Waals surface area (Å²) >= 11 is 0. The molecule has 1 aliphatic carbocycles. The van der Waals surface area contributed by atoms with Crippen molar-refractivity contribution < 1.29 is 13.7 Å². The van der Waals surface area contributed by atoms with Gasteiger partial charge in [0.1, 0.15) is 12.5 Å². The van der Waals surface area contributed by atoms with Crippen molar-refractivity contribution >= 4 is 21.8 Å². The first-order chi connectivity index (χ1) is 16.3. The summed E-state index contributed by atoms with van der Waals surface area (Å²) in [5, 5.41) is 0.300. The number of methoxy groups -OCH3 is 1. The fourth-order valence-electron chi connectivity index (χ4n) is 4.47. The van der Waals surface area contributed by atoms with Gasteiger partial charge in [0.2, 0.25) is 5.16 Å². The number of rotatable bonds is 7. The average molecular weight is 462 g/mol. The highest BCUT2D eigenvalue weighted by Crippen LogP contribution is 2.38. The Hall–Kier alpha value is -3.03. The monoisotopic (exact) mass is 461 g/mol. The number of hydrogen-bond donors (Lipinski definition) is 0. The van der Waals surface area contributed by atoms with Gasteiger partial charge in [0.25, 0.3) is 0 Å². The highest BCUT2D eigenvalue weighted by atomic mass is 32.2. The van der Waals surface area contributed by atoms with Crippen molar-refractivity contribution in [1.82, 2.24) is 14.5 Å². The lowest BCUT2D eigenvalue weighted by Crippen LogP contribution is -2.16. The minimum atomic E-state index is -1.39. The van der Waals surface area contributed by atoms with E-state index < -0.39 is 10.8 Å². The molecule has 0 amide bonds. The van der Waals surface area contributed by atoms with E-state index in [0.717, 1.165) is 59.3 Å². The largest absolute Gasteiger partial charge is 0.496 e. The van der Waals surface area contributed by atoms with Crippen LogP contribution in [0.5, 0.6) is 5.75 Å². The summed E-state index contributed by atoms with van der Waals surface area (Å²) in [7, 11) is 0.286. The van der Waals surface area contributed by atoms with Crippen LogP contribution in [0.2, 0.25) is 0 Å². The number of hydrogen-bond acceptors (Lipinski definition) is 5. The van der Waals surface area contributed by atoms with Crippen LogP contribution < -0.4 is 4.74 Å². The van der Waals surface area contributed by atoms with Crippen molar-refractivity contribution in [3.63, 3.8) is 0 Å². The maximum absolute atomic E-state index is 14.0. The molecule has 2 heterocycles. The normalized spacial score (nSPS) is 16.8. The third-order valence-electron chi connectivity index (χ3n) is 6.10. The van der Waals surface area contributed by atoms with E-state index in [-0.39, 0.29) is 12.0 Å². The summed E-state index contributed by atoms with van der Waals surface area (Å²) < 4.78 is 27.6. The van der Waals surface area contributed by atoms with Crippen molar-refractivity contribution in [2.75, 3.05) is 7.11 Å². The number of nitrogens with zero attached hydrogens (tertiary/aromatic N) is 3. The zero-order chi connectivity index (χ0) is 22.6. The molecule has 0 saturated carbocycles. The van der Waals surface area contributed by atoms with Crippen molar-refractivity contribution in [3.8, 4) is 5.75 Å². The van der Waals surface area contributed by atoms with Crippen LogP contribution in [0, 0.1) is 0 Å². The van der Waals surface area contributed by atoms with E-state index in [2.05, 4.69) is 4.98 Å². The molecule has 6 nitrogen and oxygen atoms in total. The van der Waals surface area contributed by atoms with Crippen LogP contribution in [0.25, 0.3) is 11.0 Å². The molecule has 0 saturated heterocycles. The fourth-order valence-corrected chi connectivity index (χ4v) is 6.07. The van der Waals surface area contributed by atoms with E-state index in [9.17, 15) is 4.21 Å². The van der Waals surface area contributed by atoms with E-state index in [1.807, 2.05) is 65.2 Å². The molecule has 2 atom stereocenters. The number of para-hydroxylation sites is 2. The van der Waals surface area contributed by atoms with Crippen LogP contribution in [0.15, 0.2) is 72.0 Å². The maximum atomic E-state index is 14.0. The predicted octanol–water partition coefficient (Wildman–Crippen LogP) is 5.19. The molecule has 0 N–H and O–H groups in total. The van der Waals surface area contributed by atoms with Gasteiger partial charge in [-0.05, 0) is 43.0 Å². The highest BCUT2D eigenvalue weighted by Gasteiger charge is 2.31. The molecule has 0 radical (unpaired) electrons. The van der Waals surface area contributed by atoms with Crippen molar-refractivity contribution in [2.45, 2.75) is 49.4 Å². The molecule has 0 bridgehead atoms. The summed E-state index contributed by atoms with van der Waals surface area (Å²) in [5.41, 5.74) is 4.77. The Labute approximate surface area is 196 Å². The minimum absolute atomic E-state index is 0.234. The molecular weight excluding hydrogens is 434 g/mol. The Balaban J connectivity index is 1.49. The lowest BCUT2D eigenvalue weighted by molar-refractivity contribution is 0.0611. The summed E-state index contributed by atoms with van der Waals surface area (Å²) in [6.45, 7) is 0.756. The molecule has 4 aromatic rings. The standard InChI is InChI=1S/C26H27N3O3S/c1-31-23-15-16-27-25-20(23)11-5-8-14-24(25)33(30)26-28-21-12-6-7-13-22(21)29(26)18-32-17-19-9-3-2-4-10-19/h2-4,6-7,9-10,12-13,15-16,24H,5,8,11,14,17-18H2,1H3. The van der Waals surface area contributed by atoms with Gasteiger partial charge in [0.15, 0.2) is 0 Å². The predicted molar refractivity (Wildman–Crippen MR) is 128 cm³/mol. The minimum Gasteiger partial charge on any atom is -0.496 e. The molecule has 0 fully saturated rings. The number of benzene rings is 2. The molecular formula is C26H27N3O3S. The van der Waals surface area contributed by atoms with Gasteiger partial charge in [-0.3, -0.25) is 13.8 Å². The average Bonchev–Trinajstić information content (AvgIpc) is 3.08. The van der Waals surface area contributed by atoms with Crippen molar-refractivity contribution in [1.29, 1.82) is 0 Å². The second-order valence-corrected chi connectivity index (χ2v) is 9.71. The van der Waals surface area contributed by atoms with Crippen molar-refractivity contribution in [3.05, 3.63) is 83.7 Å². The SMILES string of the molecule is COc1ccnc2c1CCCCC2S(=O)c1nc2ccccc2n1COCc1ccccc1. The molecule has 170 valence electrons. The van der Waals surface area contributed by atoms with Gasteiger partial charge in [-0.25, -0.2) is 4.98 Å². The van der Waals surface area contributed by atoms with E-state index in [0.29, 0.717) is 11.8 Å². The quantitative estimate of drug-likeness (QED) is 0.354. The number of ether oxygens (including phenoxy) is 2. The van der Waals surface area contributed by atoms with Crippen LogP contribution >= 0.6 is 0 Å². The molecule has 5 rings (SSSR count). The summed E-state index contributed by atoms with van der Waals surface area (Å²) in [5.74, 6) is 0.823. The van der Waals surface area contributed by atoms with Crippen LogP contribution in [0.4, 0.5) is 0 Å². The third-order valence-corrected chi connectivity index (χ3v) is 7.75. The Kier molecular flexibility index (Phi) is 6.51. The van der Waals surface area contributed by atoms with Gasteiger partial charge >= 0.3 is 0 Å². The Morgan fingerprint density at radius 3 is 2.73 bits per heavy atom. The van der Waals surface area contributed by atoms with Crippen LogP contribution in [-0.4, -0.2) is 25.9 Å². The smallest absolute Gasteiger partial charge is 0.202 e. The topological polar surface area (TPSA) is 66.2 Å². The number of pyridine rings is 1. The molecule has 2 aromatic heterocycles. The molecule has 7 heteroatoms. The molecule has 1 aliphatic rings. The third kappa shape index (κ3) is 4.43. The number of fused-ring (bicyclic) bond motifs is 2. The van der Waals surface area contributed by atoms with Gasteiger partial charge in [-0.15, -0.1) is 0 Å². The molecule has 0 spiro atoms.